The summed E-state index contributed by atoms with van der Waals surface area (Å²) in [6.45, 7) is -0.328. The minimum absolute atomic E-state index is 0.162. The first kappa shape index (κ1) is 13.9. The predicted octanol–water partition coefficient (Wildman–Crippen LogP) is 2.71. The van der Waals surface area contributed by atoms with Crippen LogP contribution in [0.1, 0.15) is 21.6 Å². The van der Waals surface area contributed by atoms with Gasteiger partial charge in [0, 0.05) is 5.56 Å². The lowest BCUT2D eigenvalue weighted by molar-refractivity contribution is -0.139. The number of carboxylic acid groups (broad SMARTS) is 1. The Labute approximate surface area is 111 Å². The van der Waals surface area contributed by atoms with Gasteiger partial charge < -0.3 is 9.84 Å². The first-order valence-corrected chi connectivity index (χ1v) is 5.44. The molecule has 1 aromatic heterocycles. The van der Waals surface area contributed by atoms with Gasteiger partial charge in [-0.1, -0.05) is 12.1 Å². The quantitative estimate of drug-likeness (QED) is 0.906. The van der Waals surface area contributed by atoms with Crippen molar-refractivity contribution < 1.29 is 27.8 Å². The smallest absolute Gasteiger partial charge is 0.419 e. The van der Waals surface area contributed by atoms with Crippen molar-refractivity contribution >= 4 is 5.97 Å². The summed E-state index contributed by atoms with van der Waals surface area (Å²) in [5.74, 6) is -1.62. The molecule has 2 N–H and O–H groups in total. The molecular weight excluding hydrogens is 277 g/mol. The van der Waals surface area contributed by atoms with Crippen LogP contribution in [0.2, 0.25) is 0 Å². The first-order valence-electron chi connectivity index (χ1n) is 5.44. The zero-order chi connectivity index (χ0) is 14.8. The van der Waals surface area contributed by atoms with Gasteiger partial charge >= 0.3 is 12.1 Å². The summed E-state index contributed by atoms with van der Waals surface area (Å²) in [5, 5.41) is 14.6. The Morgan fingerprint density at radius 1 is 1.35 bits per heavy atom. The SMILES string of the molecule is O=C(O)c1[nH]ncc1COc1ccccc1C(F)(F)F. The molecule has 106 valence electrons. The zero-order valence-electron chi connectivity index (χ0n) is 9.94. The molecule has 5 nitrogen and oxygen atoms in total. The highest BCUT2D eigenvalue weighted by atomic mass is 19.4. The van der Waals surface area contributed by atoms with E-state index in [1.54, 1.807) is 0 Å². The van der Waals surface area contributed by atoms with Gasteiger partial charge in [0.05, 0.1) is 11.8 Å². The highest BCUT2D eigenvalue weighted by Crippen LogP contribution is 2.36. The number of benzene rings is 1. The van der Waals surface area contributed by atoms with Crippen LogP contribution < -0.4 is 4.74 Å². The number of para-hydroxylation sites is 1. The van der Waals surface area contributed by atoms with E-state index in [-0.39, 0.29) is 23.6 Å². The summed E-state index contributed by atoms with van der Waals surface area (Å²) in [6, 6.07) is 4.71. The Morgan fingerprint density at radius 2 is 2.05 bits per heavy atom. The molecule has 0 saturated carbocycles. The van der Waals surface area contributed by atoms with Gasteiger partial charge in [0.2, 0.25) is 0 Å². The Bertz CT molecular complexity index is 622. The highest BCUT2D eigenvalue weighted by molar-refractivity contribution is 5.86. The van der Waals surface area contributed by atoms with E-state index in [0.717, 1.165) is 6.07 Å². The second-order valence-corrected chi connectivity index (χ2v) is 3.86. The Hall–Kier alpha value is -2.51. The van der Waals surface area contributed by atoms with Crippen molar-refractivity contribution in [3.05, 3.63) is 47.3 Å². The Balaban J connectivity index is 2.20. The molecular formula is C12H9F3N2O3. The second kappa shape index (κ2) is 5.24. The van der Waals surface area contributed by atoms with Gasteiger partial charge in [0.1, 0.15) is 18.1 Å². The monoisotopic (exact) mass is 286 g/mol. The van der Waals surface area contributed by atoms with Gasteiger partial charge in [0.15, 0.2) is 0 Å². The summed E-state index contributed by atoms with van der Waals surface area (Å²) < 4.78 is 43.2. The molecule has 1 heterocycles. The zero-order valence-corrected chi connectivity index (χ0v) is 9.94. The van der Waals surface area contributed by atoms with Gasteiger partial charge in [-0.3, -0.25) is 5.10 Å². The first-order chi connectivity index (χ1) is 9.39. The Kier molecular flexibility index (Phi) is 3.64. The third-order valence-corrected chi connectivity index (χ3v) is 2.51. The maximum atomic E-state index is 12.7. The van der Waals surface area contributed by atoms with Crippen molar-refractivity contribution in [1.82, 2.24) is 10.2 Å². The fraction of sp³-hybridized carbons (Fsp3) is 0.167. The van der Waals surface area contributed by atoms with Gasteiger partial charge in [-0.15, -0.1) is 0 Å². The number of nitrogens with one attached hydrogen (secondary N) is 1. The number of aromatic amines is 1. The predicted molar refractivity (Wildman–Crippen MR) is 61.3 cm³/mol. The van der Waals surface area contributed by atoms with E-state index in [1.165, 1.54) is 24.4 Å². The van der Waals surface area contributed by atoms with E-state index in [4.69, 9.17) is 9.84 Å². The van der Waals surface area contributed by atoms with E-state index in [2.05, 4.69) is 10.2 Å². The number of hydrogen-bond acceptors (Lipinski definition) is 3. The highest BCUT2D eigenvalue weighted by Gasteiger charge is 2.34. The van der Waals surface area contributed by atoms with Crippen molar-refractivity contribution in [2.45, 2.75) is 12.8 Å². The van der Waals surface area contributed by atoms with Crippen LogP contribution in [0.4, 0.5) is 13.2 Å². The van der Waals surface area contributed by atoms with Crippen LogP contribution in [0.15, 0.2) is 30.5 Å². The van der Waals surface area contributed by atoms with Crippen LogP contribution in [0, 0.1) is 0 Å². The minimum Gasteiger partial charge on any atom is -0.488 e. The third-order valence-electron chi connectivity index (χ3n) is 2.51. The molecule has 2 aromatic rings. The molecule has 0 unspecified atom stereocenters. The van der Waals surface area contributed by atoms with Crippen LogP contribution in [0.3, 0.4) is 0 Å². The maximum Gasteiger partial charge on any atom is 0.419 e. The molecule has 8 heteroatoms. The molecule has 0 spiro atoms. The summed E-state index contributed by atoms with van der Waals surface area (Å²) in [5.41, 5.74) is -0.968. The molecule has 1 aromatic carbocycles. The summed E-state index contributed by atoms with van der Waals surface area (Å²) in [4.78, 5) is 10.8. The molecule has 2 rings (SSSR count). The molecule has 20 heavy (non-hydrogen) atoms. The number of ether oxygens (including phenoxy) is 1. The fourth-order valence-electron chi connectivity index (χ4n) is 1.59. The average Bonchev–Trinajstić information content (AvgIpc) is 2.84. The number of nitrogens with zero attached hydrogens (tertiary/aromatic N) is 1. The Morgan fingerprint density at radius 3 is 2.70 bits per heavy atom. The molecule has 0 radical (unpaired) electrons. The lowest BCUT2D eigenvalue weighted by Crippen LogP contribution is -2.09. The topological polar surface area (TPSA) is 75.2 Å². The number of rotatable bonds is 4. The summed E-state index contributed by atoms with van der Waals surface area (Å²) in [7, 11) is 0. The van der Waals surface area contributed by atoms with Crippen LogP contribution in [-0.4, -0.2) is 21.3 Å². The standard InChI is InChI=1S/C12H9F3N2O3/c13-12(14,15)8-3-1-2-4-9(8)20-6-7-5-16-17-10(7)11(18)19/h1-5H,6H2,(H,16,17)(H,18,19). The number of carbonyl (C=O) groups is 1. The molecule has 0 amide bonds. The summed E-state index contributed by atoms with van der Waals surface area (Å²) in [6.07, 6.45) is -3.34. The molecule has 0 bridgehead atoms. The molecule has 0 saturated heterocycles. The lowest BCUT2D eigenvalue weighted by Gasteiger charge is -2.13. The molecule has 0 aliphatic carbocycles. The van der Waals surface area contributed by atoms with E-state index in [1.807, 2.05) is 0 Å². The number of carboxylic acids is 1. The largest absolute Gasteiger partial charge is 0.488 e. The fourth-order valence-corrected chi connectivity index (χ4v) is 1.59. The van der Waals surface area contributed by atoms with Crippen molar-refractivity contribution in [2.75, 3.05) is 0 Å². The van der Waals surface area contributed by atoms with Gasteiger partial charge in [0.25, 0.3) is 0 Å². The number of halogens is 3. The average molecular weight is 286 g/mol. The van der Waals surface area contributed by atoms with E-state index in [0.29, 0.717) is 0 Å². The second-order valence-electron chi connectivity index (χ2n) is 3.86. The van der Waals surface area contributed by atoms with Crippen LogP contribution in [-0.2, 0) is 12.8 Å². The van der Waals surface area contributed by atoms with E-state index in [9.17, 15) is 18.0 Å². The van der Waals surface area contributed by atoms with Crippen LogP contribution in [0.5, 0.6) is 5.75 Å². The molecule has 0 aliphatic rings. The number of hydrogen-bond donors (Lipinski definition) is 2. The van der Waals surface area contributed by atoms with Crippen molar-refractivity contribution in [3.63, 3.8) is 0 Å². The van der Waals surface area contributed by atoms with Gasteiger partial charge in [-0.25, -0.2) is 4.79 Å². The maximum absolute atomic E-state index is 12.7. The number of H-pyrrole nitrogens is 1. The molecule has 0 atom stereocenters. The third kappa shape index (κ3) is 2.90. The van der Waals surface area contributed by atoms with Crippen molar-refractivity contribution in [3.8, 4) is 5.75 Å². The van der Waals surface area contributed by atoms with Crippen LogP contribution in [0.25, 0.3) is 0 Å². The summed E-state index contributed by atoms with van der Waals surface area (Å²) >= 11 is 0. The minimum atomic E-state index is -4.54. The van der Waals surface area contributed by atoms with Crippen LogP contribution >= 0.6 is 0 Å². The van der Waals surface area contributed by atoms with Crippen molar-refractivity contribution in [2.24, 2.45) is 0 Å². The molecule has 0 aliphatic heterocycles. The van der Waals surface area contributed by atoms with E-state index >= 15 is 0 Å². The van der Waals surface area contributed by atoms with Gasteiger partial charge in [-0.05, 0) is 12.1 Å². The normalized spacial score (nSPS) is 11.3. The van der Waals surface area contributed by atoms with E-state index < -0.39 is 17.7 Å². The lowest BCUT2D eigenvalue weighted by atomic mass is 10.2. The number of alkyl halides is 3. The van der Waals surface area contributed by atoms with Crippen molar-refractivity contribution in [1.29, 1.82) is 0 Å². The van der Waals surface area contributed by atoms with Gasteiger partial charge in [-0.2, -0.15) is 18.3 Å². The number of aromatic nitrogens is 2. The number of aromatic carboxylic acids is 1. The molecule has 0 fully saturated rings.